The molecule has 0 unspecified atom stereocenters. The molecule has 0 saturated carbocycles. The molecule has 1 aliphatic heterocycles. The van der Waals surface area contributed by atoms with Gasteiger partial charge in [-0.3, -0.25) is 9.59 Å². The van der Waals surface area contributed by atoms with Crippen LogP contribution in [-0.4, -0.2) is 80.0 Å². The van der Waals surface area contributed by atoms with Crippen molar-refractivity contribution in [3.8, 4) is 11.5 Å². The van der Waals surface area contributed by atoms with Crippen LogP contribution in [-0.2, 0) is 17.8 Å². The maximum Gasteiger partial charge on any atom is 0.254 e. The van der Waals surface area contributed by atoms with Crippen LogP contribution in [0.15, 0.2) is 59.0 Å². The minimum absolute atomic E-state index is 0.00613. The molecule has 1 saturated heterocycles. The lowest BCUT2D eigenvalue weighted by molar-refractivity contribution is -0.132. The van der Waals surface area contributed by atoms with E-state index in [1.807, 2.05) is 68.4 Å². The van der Waals surface area contributed by atoms with Crippen LogP contribution in [0.25, 0.3) is 0 Å². The number of carbonyl (C=O) groups excluding carboxylic acids is 2. The SMILES string of the molecule is COc1ccc(CCN(Cc2ccc(C)o2)C(=O)CN(CCN2CCCC2)C(=O)c2ccc(C)cc2)cc1OC. The van der Waals surface area contributed by atoms with Crippen LogP contribution in [0.1, 0.15) is 45.8 Å². The summed E-state index contributed by atoms with van der Waals surface area (Å²) in [6.45, 7) is 8.02. The van der Waals surface area contributed by atoms with E-state index in [-0.39, 0.29) is 18.4 Å². The fourth-order valence-corrected chi connectivity index (χ4v) is 5.01. The zero-order valence-corrected chi connectivity index (χ0v) is 24.2. The average Bonchev–Trinajstić information content (AvgIpc) is 3.64. The van der Waals surface area contributed by atoms with E-state index < -0.39 is 0 Å². The highest BCUT2D eigenvalue weighted by atomic mass is 16.5. The highest BCUT2D eigenvalue weighted by molar-refractivity contribution is 5.96. The van der Waals surface area contributed by atoms with E-state index in [0.717, 1.165) is 36.5 Å². The standard InChI is InChI=1S/C32H41N3O5/c1-24-7-11-27(12-8-24)32(37)35(20-19-33-16-5-6-17-33)23-31(36)34(22-28-13-9-25(2)40-28)18-15-26-10-14-29(38-3)30(21-26)39-4/h7-14,21H,5-6,15-20,22-23H2,1-4H3. The largest absolute Gasteiger partial charge is 0.493 e. The number of likely N-dealkylation sites (tertiary alicyclic amines) is 1. The molecule has 40 heavy (non-hydrogen) atoms. The van der Waals surface area contributed by atoms with Crippen molar-refractivity contribution in [3.05, 3.63) is 82.8 Å². The number of ether oxygens (including phenoxy) is 2. The van der Waals surface area contributed by atoms with E-state index in [0.29, 0.717) is 48.9 Å². The van der Waals surface area contributed by atoms with Gasteiger partial charge in [-0.2, -0.15) is 0 Å². The van der Waals surface area contributed by atoms with Gasteiger partial charge in [0.25, 0.3) is 5.91 Å². The summed E-state index contributed by atoms with van der Waals surface area (Å²) >= 11 is 0. The number of rotatable bonds is 13. The molecule has 0 bridgehead atoms. The Bertz CT molecular complexity index is 1260. The molecule has 1 fully saturated rings. The van der Waals surface area contributed by atoms with Crippen molar-refractivity contribution in [2.75, 3.05) is 53.5 Å². The first kappa shape index (κ1) is 29.2. The minimum Gasteiger partial charge on any atom is -0.493 e. The zero-order chi connectivity index (χ0) is 28.5. The van der Waals surface area contributed by atoms with Crippen LogP contribution in [0.2, 0.25) is 0 Å². The topological polar surface area (TPSA) is 75.5 Å². The molecule has 2 amide bonds. The summed E-state index contributed by atoms with van der Waals surface area (Å²) in [5.41, 5.74) is 2.71. The van der Waals surface area contributed by atoms with Gasteiger partial charge in [0.1, 0.15) is 18.1 Å². The normalized spacial score (nSPS) is 13.3. The number of amides is 2. The Balaban J connectivity index is 1.51. The predicted molar refractivity (Wildman–Crippen MR) is 155 cm³/mol. The Kier molecular flexibility index (Phi) is 10.2. The van der Waals surface area contributed by atoms with E-state index in [4.69, 9.17) is 13.9 Å². The molecule has 0 spiro atoms. The number of methoxy groups -OCH3 is 2. The molecule has 8 heteroatoms. The number of carbonyl (C=O) groups is 2. The molecule has 0 radical (unpaired) electrons. The van der Waals surface area contributed by atoms with Crippen LogP contribution in [0, 0.1) is 13.8 Å². The molecule has 0 aliphatic carbocycles. The predicted octanol–water partition coefficient (Wildman–Crippen LogP) is 4.72. The molecule has 1 aromatic heterocycles. The summed E-state index contributed by atoms with van der Waals surface area (Å²) in [4.78, 5) is 33.2. The second-order valence-electron chi connectivity index (χ2n) is 10.4. The first-order chi connectivity index (χ1) is 19.4. The van der Waals surface area contributed by atoms with Gasteiger partial charge in [0.15, 0.2) is 11.5 Å². The molecule has 8 nitrogen and oxygen atoms in total. The van der Waals surface area contributed by atoms with E-state index in [1.165, 1.54) is 12.8 Å². The van der Waals surface area contributed by atoms with Crippen LogP contribution in [0.4, 0.5) is 0 Å². The summed E-state index contributed by atoms with van der Waals surface area (Å²) in [6.07, 6.45) is 2.97. The lowest BCUT2D eigenvalue weighted by Gasteiger charge is -2.29. The van der Waals surface area contributed by atoms with E-state index in [2.05, 4.69) is 4.90 Å². The Morgan fingerprint density at radius 2 is 1.60 bits per heavy atom. The van der Waals surface area contributed by atoms with Crippen LogP contribution < -0.4 is 9.47 Å². The van der Waals surface area contributed by atoms with Crippen molar-refractivity contribution in [1.82, 2.24) is 14.7 Å². The summed E-state index contributed by atoms with van der Waals surface area (Å²) in [5.74, 6) is 2.58. The fourth-order valence-electron chi connectivity index (χ4n) is 5.01. The first-order valence-corrected chi connectivity index (χ1v) is 14.0. The Morgan fingerprint density at radius 3 is 2.25 bits per heavy atom. The summed E-state index contributed by atoms with van der Waals surface area (Å²) < 4.78 is 16.6. The monoisotopic (exact) mass is 547 g/mol. The zero-order valence-electron chi connectivity index (χ0n) is 24.2. The molecule has 2 heterocycles. The number of aryl methyl sites for hydroxylation is 2. The maximum atomic E-state index is 13.8. The third-order valence-electron chi connectivity index (χ3n) is 7.41. The molecule has 214 valence electrons. The van der Waals surface area contributed by atoms with Gasteiger partial charge in [-0.05, 0) is 88.2 Å². The average molecular weight is 548 g/mol. The Hall–Kier alpha value is -3.78. The van der Waals surface area contributed by atoms with Gasteiger partial charge in [-0.25, -0.2) is 0 Å². The third-order valence-corrected chi connectivity index (χ3v) is 7.41. The molecule has 0 atom stereocenters. The van der Waals surface area contributed by atoms with E-state index in [1.54, 1.807) is 24.0 Å². The number of hydrogen-bond acceptors (Lipinski definition) is 6. The Morgan fingerprint density at radius 1 is 0.875 bits per heavy atom. The highest BCUT2D eigenvalue weighted by Crippen LogP contribution is 2.28. The lowest BCUT2D eigenvalue weighted by Crippen LogP contribution is -2.45. The third kappa shape index (κ3) is 7.88. The maximum absolute atomic E-state index is 13.8. The number of furan rings is 1. The quantitative estimate of drug-likeness (QED) is 0.308. The van der Waals surface area contributed by atoms with Crippen molar-refractivity contribution in [2.24, 2.45) is 0 Å². The van der Waals surface area contributed by atoms with Crippen molar-refractivity contribution < 1.29 is 23.5 Å². The van der Waals surface area contributed by atoms with Crippen LogP contribution >= 0.6 is 0 Å². The van der Waals surface area contributed by atoms with E-state index >= 15 is 0 Å². The van der Waals surface area contributed by atoms with Gasteiger partial charge in [0, 0.05) is 25.2 Å². The smallest absolute Gasteiger partial charge is 0.254 e. The second kappa shape index (κ2) is 14.0. The molecule has 2 aromatic carbocycles. The van der Waals surface area contributed by atoms with Crippen LogP contribution in [0.5, 0.6) is 11.5 Å². The number of benzene rings is 2. The second-order valence-corrected chi connectivity index (χ2v) is 10.4. The van der Waals surface area contributed by atoms with Crippen molar-refractivity contribution in [3.63, 3.8) is 0 Å². The van der Waals surface area contributed by atoms with Gasteiger partial charge in [0.2, 0.25) is 5.91 Å². The Labute approximate surface area is 237 Å². The minimum atomic E-state index is -0.124. The van der Waals surface area contributed by atoms with Gasteiger partial charge >= 0.3 is 0 Å². The van der Waals surface area contributed by atoms with Gasteiger partial charge in [-0.1, -0.05) is 23.8 Å². The number of nitrogens with zero attached hydrogens (tertiary/aromatic N) is 3. The molecule has 3 aromatic rings. The lowest BCUT2D eigenvalue weighted by atomic mass is 10.1. The van der Waals surface area contributed by atoms with Crippen molar-refractivity contribution >= 4 is 11.8 Å². The fraction of sp³-hybridized carbons (Fsp3) is 0.438. The summed E-state index contributed by atoms with van der Waals surface area (Å²) in [7, 11) is 3.22. The summed E-state index contributed by atoms with van der Waals surface area (Å²) in [5, 5.41) is 0. The van der Waals surface area contributed by atoms with E-state index in [9.17, 15) is 9.59 Å². The first-order valence-electron chi connectivity index (χ1n) is 14.0. The van der Waals surface area contributed by atoms with Gasteiger partial charge in [0.05, 0.1) is 20.8 Å². The number of hydrogen-bond donors (Lipinski definition) is 0. The molecule has 4 rings (SSSR count). The molecular weight excluding hydrogens is 506 g/mol. The van der Waals surface area contributed by atoms with Crippen LogP contribution in [0.3, 0.4) is 0 Å². The highest BCUT2D eigenvalue weighted by Gasteiger charge is 2.24. The molecular formula is C32H41N3O5. The van der Waals surface area contributed by atoms with Gasteiger partial charge < -0.3 is 28.6 Å². The summed E-state index contributed by atoms with van der Waals surface area (Å²) in [6, 6.07) is 17.1. The van der Waals surface area contributed by atoms with Crippen molar-refractivity contribution in [1.29, 1.82) is 0 Å². The van der Waals surface area contributed by atoms with Crippen molar-refractivity contribution in [2.45, 2.75) is 39.7 Å². The van der Waals surface area contributed by atoms with Gasteiger partial charge in [-0.15, -0.1) is 0 Å². The molecule has 1 aliphatic rings. The molecule has 0 N–H and O–H groups in total.